The van der Waals surface area contributed by atoms with E-state index in [0.29, 0.717) is 35.1 Å². The van der Waals surface area contributed by atoms with E-state index >= 15 is 0 Å². The highest BCUT2D eigenvalue weighted by atomic mass is 19.2. The number of aryl methyl sites for hydroxylation is 2. The number of hydrogen-bond acceptors (Lipinski definition) is 3. The van der Waals surface area contributed by atoms with Crippen molar-refractivity contribution in [3.05, 3.63) is 58.5 Å². The summed E-state index contributed by atoms with van der Waals surface area (Å²) in [6, 6.07) is 6.25. The fourth-order valence-corrected chi connectivity index (χ4v) is 5.73. The van der Waals surface area contributed by atoms with Gasteiger partial charge in [-0.15, -0.1) is 0 Å². The molecule has 1 aromatic carbocycles. The number of hydrogen-bond donors (Lipinski definition) is 0. The van der Waals surface area contributed by atoms with Crippen molar-refractivity contribution in [2.75, 3.05) is 19.6 Å². The van der Waals surface area contributed by atoms with Gasteiger partial charge in [-0.05, 0) is 63.4 Å². The van der Waals surface area contributed by atoms with Crippen LogP contribution in [0.5, 0.6) is 0 Å². The normalized spacial score (nSPS) is 31.3. The summed E-state index contributed by atoms with van der Waals surface area (Å²) in [4.78, 5) is 17.7. The van der Waals surface area contributed by atoms with Crippen LogP contribution >= 0.6 is 0 Å². The molecule has 6 rings (SSSR count). The molecule has 4 aliphatic heterocycles. The predicted octanol–water partition coefficient (Wildman–Crippen LogP) is 3.88. The fourth-order valence-electron chi connectivity index (χ4n) is 5.73. The second-order valence-electron chi connectivity index (χ2n) is 8.39. The molecule has 2 aromatic rings. The van der Waals surface area contributed by atoms with E-state index in [0.717, 1.165) is 32.0 Å². The van der Waals surface area contributed by atoms with Crippen LogP contribution in [0.4, 0.5) is 8.78 Å². The van der Waals surface area contributed by atoms with Crippen LogP contribution in [0.25, 0.3) is 0 Å². The first-order chi connectivity index (χ1) is 13.5. The van der Waals surface area contributed by atoms with Gasteiger partial charge >= 0.3 is 0 Å². The standard InChI is InChI=1S/C22H24F2N2O2/c1-12-10-16(13(2)28-12)22(27)26-11-17(15-4-3-5-18(23)19(15)24)21-20(26)14-6-8-25(21)9-7-14/h3-5,10,14,17,20-21H,6-9,11H2,1-2H3/t17-,20+,21+/m1/s1. The molecule has 4 saturated heterocycles. The number of carbonyl (C=O) groups excluding carboxylic acids is 1. The van der Waals surface area contributed by atoms with Gasteiger partial charge in [-0.2, -0.15) is 0 Å². The van der Waals surface area contributed by atoms with E-state index in [-0.39, 0.29) is 23.9 Å². The van der Waals surface area contributed by atoms with E-state index in [1.807, 2.05) is 11.8 Å². The molecule has 0 radical (unpaired) electrons. The van der Waals surface area contributed by atoms with E-state index in [2.05, 4.69) is 4.90 Å². The number of piperidine rings is 3. The lowest BCUT2D eigenvalue weighted by Crippen LogP contribution is -2.60. The van der Waals surface area contributed by atoms with Crippen LogP contribution in [0.2, 0.25) is 0 Å². The zero-order valence-electron chi connectivity index (χ0n) is 16.1. The molecule has 4 nitrogen and oxygen atoms in total. The van der Waals surface area contributed by atoms with Crippen LogP contribution in [-0.4, -0.2) is 47.4 Å². The number of furan rings is 1. The van der Waals surface area contributed by atoms with Gasteiger partial charge in [0.1, 0.15) is 11.5 Å². The Hall–Kier alpha value is -2.21. The first-order valence-corrected chi connectivity index (χ1v) is 10.0. The quantitative estimate of drug-likeness (QED) is 0.786. The Bertz CT molecular complexity index is 933. The fraction of sp³-hybridized carbons (Fsp3) is 0.500. The van der Waals surface area contributed by atoms with Crippen molar-refractivity contribution in [3.63, 3.8) is 0 Å². The molecule has 3 atom stereocenters. The predicted molar refractivity (Wildman–Crippen MR) is 100 cm³/mol. The molecule has 0 N–H and O–H groups in total. The number of fused-ring (bicyclic) bond motifs is 2. The Morgan fingerprint density at radius 1 is 1.14 bits per heavy atom. The molecule has 1 amide bonds. The Kier molecular flexibility index (Phi) is 4.09. The average Bonchev–Trinajstić information content (AvgIpc) is 3.26. The van der Waals surface area contributed by atoms with E-state index < -0.39 is 11.6 Å². The molecule has 0 saturated carbocycles. The summed E-state index contributed by atoms with van der Waals surface area (Å²) in [5.74, 6) is -0.152. The van der Waals surface area contributed by atoms with Gasteiger partial charge in [0.2, 0.25) is 0 Å². The topological polar surface area (TPSA) is 36.7 Å². The number of likely N-dealkylation sites (tertiary alicyclic amines) is 1. The number of carbonyl (C=O) groups is 1. The van der Waals surface area contributed by atoms with Gasteiger partial charge in [-0.1, -0.05) is 12.1 Å². The summed E-state index contributed by atoms with van der Waals surface area (Å²) in [5.41, 5.74) is 0.964. The Morgan fingerprint density at radius 2 is 1.89 bits per heavy atom. The number of nitrogens with zero attached hydrogens (tertiary/aromatic N) is 2. The highest BCUT2D eigenvalue weighted by molar-refractivity contribution is 5.96. The first-order valence-electron chi connectivity index (χ1n) is 10.0. The maximum absolute atomic E-state index is 14.7. The molecule has 4 aliphatic rings. The van der Waals surface area contributed by atoms with E-state index in [1.54, 1.807) is 25.1 Å². The third kappa shape index (κ3) is 2.54. The first kappa shape index (κ1) is 17.9. The number of amides is 1. The zero-order valence-corrected chi connectivity index (χ0v) is 16.1. The summed E-state index contributed by atoms with van der Waals surface area (Å²) in [5, 5.41) is 0. The van der Waals surface area contributed by atoms with E-state index in [4.69, 9.17) is 4.42 Å². The molecule has 0 unspecified atom stereocenters. The molecule has 4 fully saturated rings. The summed E-state index contributed by atoms with van der Waals surface area (Å²) in [7, 11) is 0. The molecule has 148 valence electrons. The van der Waals surface area contributed by atoms with Crippen LogP contribution in [0, 0.1) is 31.4 Å². The van der Waals surface area contributed by atoms with Crippen molar-refractivity contribution in [3.8, 4) is 0 Å². The molecule has 2 bridgehead atoms. The van der Waals surface area contributed by atoms with Crippen molar-refractivity contribution in [1.82, 2.24) is 9.80 Å². The molecule has 28 heavy (non-hydrogen) atoms. The molecule has 0 aliphatic carbocycles. The lowest BCUT2D eigenvalue weighted by atomic mass is 9.75. The molecule has 1 aromatic heterocycles. The number of rotatable bonds is 2. The molecule has 5 heterocycles. The van der Waals surface area contributed by atoms with Gasteiger partial charge in [0.25, 0.3) is 5.91 Å². The van der Waals surface area contributed by atoms with Gasteiger partial charge in [0.05, 0.1) is 11.6 Å². The Morgan fingerprint density at radius 3 is 2.57 bits per heavy atom. The largest absolute Gasteiger partial charge is 0.466 e. The van der Waals surface area contributed by atoms with Gasteiger partial charge in [0.15, 0.2) is 11.6 Å². The van der Waals surface area contributed by atoms with Gasteiger partial charge in [0, 0.05) is 18.5 Å². The van der Waals surface area contributed by atoms with Gasteiger partial charge in [-0.3, -0.25) is 9.69 Å². The second-order valence-corrected chi connectivity index (χ2v) is 8.39. The third-order valence-electron chi connectivity index (χ3n) is 6.91. The second kappa shape index (κ2) is 6.41. The van der Waals surface area contributed by atoms with Crippen LogP contribution in [0.3, 0.4) is 0 Å². The summed E-state index contributed by atoms with van der Waals surface area (Å²) in [6.07, 6.45) is 2.10. The SMILES string of the molecule is Cc1cc(C(=O)N2C[C@H](c3cccc(F)c3F)[C@H]3[C@@H]2C2CCN3CC2)c(C)o1. The lowest BCUT2D eigenvalue weighted by molar-refractivity contribution is -0.00364. The summed E-state index contributed by atoms with van der Waals surface area (Å²) in [6.45, 7) is 5.96. The zero-order chi connectivity index (χ0) is 19.6. The maximum Gasteiger partial charge on any atom is 0.257 e. The van der Waals surface area contributed by atoms with E-state index in [1.165, 1.54) is 0 Å². The Labute approximate surface area is 163 Å². The molecule has 0 spiro atoms. The van der Waals surface area contributed by atoms with Crippen LogP contribution < -0.4 is 0 Å². The average molecular weight is 386 g/mol. The minimum atomic E-state index is -0.823. The van der Waals surface area contributed by atoms with Crippen molar-refractivity contribution in [1.29, 1.82) is 0 Å². The van der Waals surface area contributed by atoms with Crippen molar-refractivity contribution in [2.24, 2.45) is 5.92 Å². The molecular weight excluding hydrogens is 362 g/mol. The third-order valence-corrected chi connectivity index (χ3v) is 6.91. The highest BCUT2D eigenvalue weighted by Crippen LogP contribution is 2.47. The minimum Gasteiger partial charge on any atom is -0.466 e. The maximum atomic E-state index is 14.7. The van der Waals surface area contributed by atoms with Crippen LogP contribution in [0.15, 0.2) is 28.7 Å². The molecule has 6 heteroatoms. The molecular formula is C22H24F2N2O2. The smallest absolute Gasteiger partial charge is 0.257 e. The minimum absolute atomic E-state index is 0.0391. The van der Waals surface area contributed by atoms with Crippen molar-refractivity contribution in [2.45, 2.75) is 44.7 Å². The van der Waals surface area contributed by atoms with Crippen molar-refractivity contribution < 1.29 is 18.0 Å². The summed E-state index contributed by atoms with van der Waals surface area (Å²) >= 11 is 0. The van der Waals surface area contributed by atoms with Crippen LogP contribution in [0.1, 0.15) is 46.2 Å². The Balaban J connectivity index is 1.57. The lowest BCUT2D eigenvalue weighted by Gasteiger charge is -2.51. The highest BCUT2D eigenvalue weighted by Gasteiger charge is 2.55. The van der Waals surface area contributed by atoms with Crippen molar-refractivity contribution >= 4 is 5.91 Å². The van der Waals surface area contributed by atoms with Gasteiger partial charge in [-0.25, -0.2) is 8.78 Å². The number of benzene rings is 1. The van der Waals surface area contributed by atoms with E-state index in [9.17, 15) is 13.6 Å². The summed E-state index contributed by atoms with van der Waals surface area (Å²) < 4.78 is 34.2. The number of halogens is 2. The van der Waals surface area contributed by atoms with Crippen LogP contribution in [-0.2, 0) is 0 Å². The van der Waals surface area contributed by atoms with Gasteiger partial charge < -0.3 is 9.32 Å². The monoisotopic (exact) mass is 386 g/mol.